The number of para-hydroxylation sites is 1. The minimum Gasteiger partial charge on any atom is -0.468 e. The molecule has 0 amide bonds. The minimum absolute atomic E-state index is 0.228. The van der Waals surface area contributed by atoms with Crippen LogP contribution in [0.5, 0.6) is 0 Å². The maximum absolute atomic E-state index is 12.9. The number of benzene rings is 2. The van der Waals surface area contributed by atoms with Crippen LogP contribution in [0.25, 0.3) is 22.3 Å². The molecular formula is C22H20N4O4S. The van der Waals surface area contributed by atoms with Crippen molar-refractivity contribution in [2.24, 2.45) is 0 Å². The van der Waals surface area contributed by atoms with E-state index in [4.69, 9.17) is 9.26 Å². The number of carbonyl (C=O) groups excluding carboxylic acids is 1. The summed E-state index contributed by atoms with van der Waals surface area (Å²) < 4.78 is 11.4. The Morgan fingerprint density at radius 2 is 1.90 bits per heavy atom. The summed E-state index contributed by atoms with van der Waals surface area (Å²) in [6.07, 6.45) is 0.959. The largest absolute Gasteiger partial charge is 0.468 e. The Hall–Kier alpha value is -3.46. The Morgan fingerprint density at radius 3 is 2.65 bits per heavy atom. The van der Waals surface area contributed by atoms with Gasteiger partial charge in [0.25, 0.3) is 5.56 Å². The first-order valence-electron chi connectivity index (χ1n) is 9.70. The molecule has 2 aromatic carbocycles. The van der Waals surface area contributed by atoms with Crippen LogP contribution in [-0.4, -0.2) is 32.8 Å². The van der Waals surface area contributed by atoms with E-state index in [1.165, 1.54) is 29.0 Å². The summed E-state index contributed by atoms with van der Waals surface area (Å²) in [5.41, 5.74) is 2.34. The highest BCUT2D eigenvalue weighted by molar-refractivity contribution is 7.98. The first-order valence-corrected chi connectivity index (χ1v) is 10.7. The Bertz CT molecular complexity index is 1280. The van der Waals surface area contributed by atoms with E-state index >= 15 is 0 Å². The van der Waals surface area contributed by atoms with Crippen LogP contribution in [0.2, 0.25) is 0 Å². The number of rotatable bonds is 7. The average Bonchev–Trinajstić information content (AvgIpc) is 3.28. The number of aryl methyl sites for hydroxylation is 1. The van der Waals surface area contributed by atoms with E-state index in [1.807, 2.05) is 30.3 Å². The quantitative estimate of drug-likeness (QED) is 0.247. The van der Waals surface area contributed by atoms with Gasteiger partial charge in [0.15, 0.2) is 5.16 Å². The number of methoxy groups -OCH3 is 1. The van der Waals surface area contributed by atoms with Crippen molar-refractivity contribution in [3.63, 3.8) is 0 Å². The van der Waals surface area contributed by atoms with Crippen molar-refractivity contribution in [3.05, 3.63) is 70.3 Å². The van der Waals surface area contributed by atoms with E-state index in [0.29, 0.717) is 33.5 Å². The smallest absolute Gasteiger partial charge is 0.325 e. The lowest BCUT2D eigenvalue weighted by Gasteiger charge is -2.11. The zero-order valence-corrected chi connectivity index (χ0v) is 17.9. The molecule has 2 aromatic heterocycles. The van der Waals surface area contributed by atoms with Crippen molar-refractivity contribution in [2.45, 2.75) is 30.8 Å². The molecule has 0 aliphatic heterocycles. The number of hydrogen-bond donors (Lipinski definition) is 0. The van der Waals surface area contributed by atoms with Gasteiger partial charge in [0.2, 0.25) is 11.7 Å². The summed E-state index contributed by atoms with van der Waals surface area (Å²) in [6, 6.07) is 15.0. The summed E-state index contributed by atoms with van der Waals surface area (Å²) in [6.45, 7) is 1.87. The van der Waals surface area contributed by atoms with Crippen LogP contribution in [0.4, 0.5) is 0 Å². The Labute approximate surface area is 182 Å². The first-order chi connectivity index (χ1) is 15.1. The Morgan fingerprint density at radius 1 is 1.13 bits per heavy atom. The molecule has 0 unspecified atom stereocenters. The van der Waals surface area contributed by atoms with Gasteiger partial charge < -0.3 is 9.26 Å². The van der Waals surface area contributed by atoms with E-state index in [2.05, 4.69) is 22.0 Å². The molecule has 0 fully saturated rings. The van der Waals surface area contributed by atoms with Gasteiger partial charge >= 0.3 is 5.97 Å². The fourth-order valence-electron chi connectivity index (χ4n) is 3.04. The van der Waals surface area contributed by atoms with Crippen molar-refractivity contribution in [2.75, 3.05) is 7.11 Å². The molecule has 9 heteroatoms. The zero-order valence-electron chi connectivity index (χ0n) is 17.1. The number of ether oxygens (including phenoxy) is 1. The standard InChI is InChI=1S/C22H20N4O4S/c1-3-14-8-10-15(11-9-14)20-24-18(30-25-20)13-31-22-23-17-7-5-4-6-16(17)21(28)26(22)12-19(27)29-2/h4-11H,3,12-13H2,1-2H3. The molecule has 4 aromatic rings. The number of carbonyl (C=O) groups is 1. The highest BCUT2D eigenvalue weighted by atomic mass is 32.2. The van der Waals surface area contributed by atoms with Gasteiger partial charge in [0, 0.05) is 5.56 Å². The van der Waals surface area contributed by atoms with Crippen molar-refractivity contribution in [1.82, 2.24) is 19.7 Å². The number of thioether (sulfide) groups is 1. The summed E-state index contributed by atoms with van der Waals surface area (Å²) >= 11 is 1.24. The van der Waals surface area contributed by atoms with E-state index in [1.54, 1.807) is 18.2 Å². The molecule has 0 N–H and O–H groups in total. The van der Waals surface area contributed by atoms with Gasteiger partial charge in [-0.2, -0.15) is 4.98 Å². The SMILES string of the molecule is CCc1ccc(-c2noc(CSc3nc4ccccc4c(=O)n3CC(=O)OC)n2)cc1. The van der Waals surface area contributed by atoms with Gasteiger partial charge in [0.05, 0.1) is 23.8 Å². The van der Waals surface area contributed by atoms with Gasteiger partial charge in [-0.3, -0.25) is 14.2 Å². The minimum atomic E-state index is -0.531. The summed E-state index contributed by atoms with van der Waals surface area (Å²) in [5, 5.41) is 4.86. The first kappa shape index (κ1) is 20.8. The highest BCUT2D eigenvalue weighted by Gasteiger charge is 2.16. The lowest BCUT2D eigenvalue weighted by molar-refractivity contribution is -0.141. The molecule has 0 aliphatic carbocycles. The van der Waals surface area contributed by atoms with Crippen LogP contribution in [0.3, 0.4) is 0 Å². The van der Waals surface area contributed by atoms with Crippen molar-refractivity contribution >= 4 is 28.6 Å². The van der Waals surface area contributed by atoms with Gasteiger partial charge in [0.1, 0.15) is 6.54 Å². The van der Waals surface area contributed by atoms with Gasteiger partial charge in [-0.1, -0.05) is 60.2 Å². The third kappa shape index (κ3) is 4.51. The molecule has 0 radical (unpaired) electrons. The summed E-state index contributed by atoms with van der Waals surface area (Å²) in [7, 11) is 1.28. The maximum Gasteiger partial charge on any atom is 0.325 e. The number of nitrogens with zero attached hydrogens (tertiary/aromatic N) is 4. The fourth-order valence-corrected chi connectivity index (χ4v) is 3.87. The molecule has 2 heterocycles. The lowest BCUT2D eigenvalue weighted by Crippen LogP contribution is -2.27. The Balaban J connectivity index is 1.59. The van der Waals surface area contributed by atoms with Crippen LogP contribution in [0.1, 0.15) is 18.4 Å². The monoisotopic (exact) mass is 436 g/mol. The molecule has 4 rings (SSSR count). The molecule has 0 spiro atoms. The second-order valence-corrected chi connectivity index (χ2v) is 7.67. The lowest BCUT2D eigenvalue weighted by atomic mass is 10.1. The molecule has 0 saturated heterocycles. The molecule has 8 nitrogen and oxygen atoms in total. The summed E-state index contributed by atoms with van der Waals surface area (Å²) in [5.74, 6) is 0.659. The molecular weight excluding hydrogens is 416 g/mol. The normalized spacial score (nSPS) is 11.0. The van der Waals surface area contributed by atoms with Gasteiger partial charge in [-0.25, -0.2) is 4.98 Å². The van der Waals surface area contributed by atoms with Gasteiger partial charge in [-0.05, 0) is 24.1 Å². The van der Waals surface area contributed by atoms with E-state index in [0.717, 1.165) is 12.0 Å². The van der Waals surface area contributed by atoms with Crippen LogP contribution in [0, 0.1) is 0 Å². The molecule has 0 bridgehead atoms. The average molecular weight is 436 g/mol. The number of esters is 1. The van der Waals surface area contributed by atoms with Gasteiger partial charge in [-0.15, -0.1) is 0 Å². The molecule has 0 atom stereocenters. The van der Waals surface area contributed by atoms with Crippen molar-refractivity contribution in [3.8, 4) is 11.4 Å². The van der Waals surface area contributed by atoms with Crippen LogP contribution in [0.15, 0.2) is 63.0 Å². The molecule has 0 saturated carbocycles. The zero-order chi connectivity index (χ0) is 21.8. The van der Waals surface area contributed by atoms with E-state index in [-0.39, 0.29) is 12.1 Å². The second-order valence-electron chi connectivity index (χ2n) is 6.73. The van der Waals surface area contributed by atoms with E-state index < -0.39 is 5.97 Å². The predicted molar refractivity (Wildman–Crippen MR) is 117 cm³/mol. The van der Waals surface area contributed by atoms with Crippen molar-refractivity contribution < 1.29 is 14.1 Å². The predicted octanol–water partition coefficient (Wildman–Crippen LogP) is 3.47. The van der Waals surface area contributed by atoms with E-state index in [9.17, 15) is 9.59 Å². The number of fused-ring (bicyclic) bond motifs is 1. The molecule has 31 heavy (non-hydrogen) atoms. The maximum atomic E-state index is 12.9. The Kier molecular flexibility index (Phi) is 6.13. The number of aromatic nitrogens is 4. The third-order valence-electron chi connectivity index (χ3n) is 4.75. The van der Waals surface area contributed by atoms with Crippen molar-refractivity contribution in [1.29, 1.82) is 0 Å². The fraction of sp³-hybridized carbons (Fsp3) is 0.227. The molecule has 0 aliphatic rings. The highest BCUT2D eigenvalue weighted by Crippen LogP contribution is 2.23. The van der Waals surface area contributed by atoms with Crippen LogP contribution < -0.4 is 5.56 Å². The third-order valence-corrected chi connectivity index (χ3v) is 5.72. The topological polar surface area (TPSA) is 100 Å². The second kappa shape index (κ2) is 9.13. The van der Waals surface area contributed by atoms with Crippen LogP contribution in [-0.2, 0) is 28.2 Å². The molecule has 158 valence electrons. The summed E-state index contributed by atoms with van der Waals surface area (Å²) in [4.78, 5) is 33.7. The number of hydrogen-bond acceptors (Lipinski definition) is 8. The van der Waals surface area contributed by atoms with Crippen LogP contribution >= 0.6 is 11.8 Å².